The number of nitrogens with zero attached hydrogens (tertiary/aromatic N) is 4. The molecule has 34 heavy (non-hydrogen) atoms. The Hall–Kier alpha value is -3.94. The van der Waals surface area contributed by atoms with E-state index < -0.39 is 5.97 Å². The average Bonchev–Trinajstić information content (AvgIpc) is 3.31. The molecule has 0 unspecified atom stereocenters. The molecule has 1 aromatic heterocycles. The van der Waals surface area contributed by atoms with Gasteiger partial charge in [-0.1, -0.05) is 12.1 Å². The zero-order valence-corrected chi connectivity index (χ0v) is 18.9. The molecule has 1 amide bonds. The number of carbonyl (C=O) groups is 2. The molecular formula is C26H27N5O3. The summed E-state index contributed by atoms with van der Waals surface area (Å²) in [5, 5.41) is 12.3. The number of nitrogens with one attached hydrogen (secondary N) is 1. The number of carboxylic acids is 1. The molecule has 0 aliphatic carbocycles. The van der Waals surface area contributed by atoms with Gasteiger partial charge in [-0.25, -0.2) is 14.8 Å². The van der Waals surface area contributed by atoms with Crippen LogP contribution in [0.15, 0.2) is 60.8 Å². The maximum atomic E-state index is 12.0. The Morgan fingerprint density at radius 2 is 1.71 bits per heavy atom. The van der Waals surface area contributed by atoms with Crippen LogP contribution < -0.4 is 10.2 Å². The van der Waals surface area contributed by atoms with Crippen molar-refractivity contribution in [3.8, 4) is 11.3 Å². The third kappa shape index (κ3) is 4.71. The molecule has 2 fully saturated rings. The number of anilines is 3. The summed E-state index contributed by atoms with van der Waals surface area (Å²) >= 11 is 0. The summed E-state index contributed by atoms with van der Waals surface area (Å²) in [5.74, 6) is -0.160. The highest BCUT2D eigenvalue weighted by Gasteiger charge is 2.30. The summed E-state index contributed by atoms with van der Waals surface area (Å²) in [7, 11) is 0. The van der Waals surface area contributed by atoms with Crippen molar-refractivity contribution in [2.24, 2.45) is 0 Å². The first-order valence-electron chi connectivity index (χ1n) is 11.6. The van der Waals surface area contributed by atoms with E-state index in [2.05, 4.69) is 37.2 Å². The van der Waals surface area contributed by atoms with Crippen molar-refractivity contribution in [1.29, 1.82) is 0 Å². The van der Waals surface area contributed by atoms with E-state index in [0.29, 0.717) is 30.0 Å². The van der Waals surface area contributed by atoms with E-state index in [9.17, 15) is 9.59 Å². The predicted octanol–water partition coefficient (Wildman–Crippen LogP) is 4.18. The summed E-state index contributed by atoms with van der Waals surface area (Å²) in [5.41, 5.74) is 3.84. The van der Waals surface area contributed by atoms with Crippen molar-refractivity contribution in [3.63, 3.8) is 0 Å². The summed E-state index contributed by atoms with van der Waals surface area (Å²) in [4.78, 5) is 36.4. The molecule has 8 nitrogen and oxygen atoms in total. The number of amides is 1. The molecule has 2 aliphatic rings. The van der Waals surface area contributed by atoms with E-state index in [0.717, 1.165) is 50.1 Å². The maximum Gasteiger partial charge on any atom is 0.335 e. The fourth-order valence-electron chi connectivity index (χ4n) is 4.74. The van der Waals surface area contributed by atoms with Crippen LogP contribution in [-0.2, 0) is 4.79 Å². The third-order valence-electron chi connectivity index (χ3n) is 6.59. The third-order valence-corrected chi connectivity index (χ3v) is 6.59. The van der Waals surface area contributed by atoms with Crippen molar-refractivity contribution in [3.05, 3.63) is 66.4 Å². The molecule has 2 N–H and O–H groups in total. The minimum absolute atomic E-state index is 0.241. The second-order valence-electron chi connectivity index (χ2n) is 8.73. The first-order chi connectivity index (χ1) is 16.6. The van der Waals surface area contributed by atoms with Gasteiger partial charge < -0.3 is 20.2 Å². The number of hydrogen-bond acceptors (Lipinski definition) is 6. The SMILES string of the molecule is O=C(O)c1ccc(-c2ccnc(Nc3ccc(N4CCC(N5CCCC5=O)CC4)cc3)n2)cc1. The highest BCUT2D eigenvalue weighted by molar-refractivity contribution is 5.88. The van der Waals surface area contributed by atoms with Gasteiger partial charge in [-0.15, -0.1) is 0 Å². The number of carboxylic acid groups (broad SMARTS) is 1. The Kier molecular flexibility index (Phi) is 6.12. The number of piperidine rings is 1. The molecule has 2 aliphatic heterocycles. The van der Waals surface area contributed by atoms with Gasteiger partial charge >= 0.3 is 5.97 Å². The lowest BCUT2D eigenvalue weighted by atomic mass is 10.0. The zero-order valence-electron chi connectivity index (χ0n) is 18.9. The molecule has 0 radical (unpaired) electrons. The van der Waals surface area contributed by atoms with Gasteiger partial charge in [0.15, 0.2) is 0 Å². The van der Waals surface area contributed by atoms with Crippen LogP contribution in [-0.4, -0.2) is 57.5 Å². The van der Waals surface area contributed by atoms with Gasteiger partial charge in [0.1, 0.15) is 0 Å². The van der Waals surface area contributed by atoms with E-state index in [4.69, 9.17) is 5.11 Å². The van der Waals surface area contributed by atoms with Gasteiger partial charge in [0, 0.05) is 55.2 Å². The number of benzene rings is 2. The van der Waals surface area contributed by atoms with Crippen molar-refractivity contribution in [2.45, 2.75) is 31.7 Å². The Labute approximate surface area is 198 Å². The fraction of sp³-hybridized carbons (Fsp3) is 0.308. The number of hydrogen-bond donors (Lipinski definition) is 2. The first-order valence-corrected chi connectivity index (χ1v) is 11.6. The van der Waals surface area contributed by atoms with Crippen LogP contribution in [0.5, 0.6) is 0 Å². The Morgan fingerprint density at radius 1 is 0.971 bits per heavy atom. The molecule has 3 aromatic rings. The molecule has 174 valence electrons. The smallest absolute Gasteiger partial charge is 0.335 e. The molecule has 0 saturated carbocycles. The van der Waals surface area contributed by atoms with Crippen LogP contribution in [0.2, 0.25) is 0 Å². The van der Waals surface area contributed by atoms with Crippen molar-refractivity contribution in [2.75, 3.05) is 29.9 Å². The summed E-state index contributed by atoms with van der Waals surface area (Å²) in [6.07, 6.45) is 5.41. The monoisotopic (exact) mass is 457 g/mol. The second kappa shape index (κ2) is 9.51. The maximum absolute atomic E-state index is 12.0. The summed E-state index contributed by atoms with van der Waals surface area (Å²) in [6, 6.07) is 17.0. The topological polar surface area (TPSA) is 98.7 Å². The van der Waals surface area contributed by atoms with Gasteiger partial charge in [0.25, 0.3) is 0 Å². The first kappa shape index (κ1) is 21.9. The van der Waals surface area contributed by atoms with E-state index in [-0.39, 0.29) is 5.56 Å². The van der Waals surface area contributed by atoms with Gasteiger partial charge in [-0.05, 0) is 61.7 Å². The van der Waals surface area contributed by atoms with Crippen LogP contribution in [0.1, 0.15) is 36.0 Å². The summed E-state index contributed by atoms with van der Waals surface area (Å²) < 4.78 is 0. The number of aromatic nitrogens is 2. The van der Waals surface area contributed by atoms with Gasteiger partial charge in [0.05, 0.1) is 11.3 Å². The van der Waals surface area contributed by atoms with Crippen molar-refractivity contribution >= 4 is 29.2 Å². The van der Waals surface area contributed by atoms with Gasteiger partial charge in [-0.2, -0.15) is 0 Å². The molecule has 3 heterocycles. The number of rotatable bonds is 6. The molecular weight excluding hydrogens is 430 g/mol. The quantitative estimate of drug-likeness (QED) is 0.573. The molecule has 2 saturated heterocycles. The van der Waals surface area contributed by atoms with Crippen molar-refractivity contribution < 1.29 is 14.7 Å². The van der Waals surface area contributed by atoms with Gasteiger partial charge in [-0.3, -0.25) is 4.79 Å². The minimum Gasteiger partial charge on any atom is -0.478 e. The zero-order chi connectivity index (χ0) is 23.5. The van der Waals surface area contributed by atoms with Crippen LogP contribution in [0.4, 0.5) is 17.3 Å². The Balaban J connectivity index is 1.21. The minimum atomic E-state index is -0.953. The van der Waals surface area contributed by atoms with E-state index in [1.807, 2.05) is 12.1 Å². The summed E-state index contributed by atoms with van der Waals surface area (Å²) in [6.45, 7) is 2.82. The number of aromatic carboxylic acids is 1. The molecule has 2 aromatic carbocycles. The Morgan fingerprint density at radius 3 is 2.35 bits per heavy atom. The van der Waals surface area contributed by atoms with E-state index in [1.54, 1.807) is 36.5 Å². The largest absolute Gasteiger partial charge is 0.478 e. The number of likely N-dealkylation sites (tertiary alicyclic amines) is 1. The second-order valence-corrected chi connectivity index (χ2v) is 8.73. The molecule has 0 bridgehead atoms. The predicted molar refractivity (Wildman–Crippen MR) is 130 cm³/mol. The Bertz CT molecular complexity index is 1170. The van der Waals surface area contributed by atoms with E-state index >= 15 is 0 Å². The highest BCUT2D eigenvalue weighted by Crippen LogP contribution is 2.27. The van der Waals surface area contributed by atoms with E-state index in [1.165, 1.54) is 5.69 Å². The fourth-order valence-corrected chi connectivity index (χ4v) is 4.74. The van der Waals surface area contributed by atoms with Crippen LogP contribution in [0.25, 0.3) is 11.3 Å². The lowest BCUT2D eigenvalue weighted by Crippen LogP contribution is -2.45. The molecule has 8 heteroatoms. The average molecular weight is 458 g/mol. The molecule has 0 spiro atoms. The van der Waals surface area contributed by atoms with Crippen LogP contribution in [0, 0.1) is 0 Å². The lowest BCUT2D eigenvalue weighted by Gasteiger charge is -2.37. The van der Waals surface area contributed by atoms with Gasteiger partial charge in [0.2, 0.25) is 11.9 Å². The molecule has 5 rings (SSSR count). The van der Waals surface area contributed by atoms with Crippen LogP contribution in [0.3, 0.4) is 0 Å². The highest BCUT2D eigenvalue weighted by atomic mass is 16.4. The lowest BCUT2D eigenvalue weighted by molar-refractivity contribution is -0.130. The normalized spacial score (nSPS) is 16.6. The molecule has 0 atom stereocenters. The standard InChI is InChI=1S/C26H27N5O3/c32-24-2-1-15-31(24)22-12-16-30(17-13-22)21-9-7-20(8-10-21)28-26-27-14-11-23(29-26)18-3-5-19(6-4-18)25(33)34/h3-11,14,22H,1-2,12-13,15-17H2,(H,33,34)(H,27,28,29). The van der Waals surface area contributed by atoms with Crippen LogP contribution >= 0.6 is 0 Å². The number of carbonyl (C=O) groups excluding carboxylic acids is 1. The van der Waals surface area contributed by atoms with Crippen molar-refractivity contribution in [1.82, 2.24) is 14.9 Å².